The summed E-state index contributed by atoms with van der Waals surface area (Å²) >= 11 is 0. The van der Waals surface area contributed by atoms with Gasteiger partial charge in [-0.1, -0.05) is 12.1 Å². The molecule has 0 amide bonds. The molecule has 3 rings (SSSR count). The van der Waals surface area contributed by atoms with E-state index >= 15 is 0 Å². The van der Waals surface area contributed by atoms with Gasteiger partial charge in [0.2, 0.25) is 0 Å². The molecule has 0 spiro atoms. The van der Waals surface area contributed by atoms with Crippen LogP contribution in [0, 0.1) is 11.3 Å². The fourth-order valence-electron chi connectivity index (χ4n) is 2.16. The van der Waals surface area contributed by atoms with Crippen molar-refractivity contribution in [2.24, 2.45) is 0 Å². The first kappa shape index (κ1) is 13.3. The molecule has 0 saturated carbocycles. The molecule has 2 aromatic rings. The molecule has 2 heterocycles. The third kappa shape index (κ3) is 3.06. The number of nitrogens with zero attached hydrogens (tertiary/aromatic N) is 2. The molecule has 1 aliphatic rings. The van der Waals surface area contributed by atoms with Crippen LogP contribution >= 0.6 is 0 Å². The predicted molar refractivity (Wildman–Crippen MR) is 78.3 cm³/mol. The van der Waals surface area contributed by atoms with E-state index in [-0.39, 0.29) is 0 Å². The lowest BCUT2D eigenvalue weighted by Gasteiger charge is -2.13. The van der Waals surface area contributed by atoms with Crippen LogP contribution in [-0.2, 0) is 6.54 Å². The molecule has 0 aliphatic carbocycles. The van der Waals surface area contributed by atoms with Crippen molar-refractivity contribution >= 4 is 5.69 Å². The molecule has 0 radical (unpaired) electrons. The third-order valence-electron chi connectivity index (χ3n) is 3.21. The average molecular weight is 281 g/mol. The summed E-state index contributed by atoms with van der Waals surface area (Å²) in [6.07, 6.45) is 2.54. The van der Waals surface area contributed by atoms with E-state index < -0.39 is 0 Å². The molecule has 0 unspecified atom stereocenters. The molecule has 5 heteroatoms. The van der Waals surface area contributed by atoms with E-state index in [1.165, 1.54) is 0 Å². The Morgan fingerprint density at radius 2 is 2.10 bits per heavy atom. The van der Waals surface area contributed by atoms with Crippen molar-refractivity contribution in [2.45, 2.75) is 13.0 Å². The van der Waals surface area contributed by atoms with Gasteiger partial charge in [0.15, 0.2) is 11.5 Å². The number of pyridine rings is 1. The maximum Gasteiger partial charge on any atom is 0.166 e. The smallest absolute Gasteiger partial charge is 0.166 e. The van der Waals surface area contributed by atoms with Crippen LogP contribution in [-0.4, -0.2) is 18.2 Å². The zero-order chi connectivity index (χ0) is 14.5. The molecule has 21 heavy (non-hydrogen) atoms. The number of ether oxygens (including phenoxy) is 2. The summed E-state index contributed by atoms with van der Waals surface area (Å²) in [5.74, 6) is 1.61. The minimum absolute atomic E-state index is 0.408. The summed E-state index contributed by atoms with van der Waals surface area (Å²) in [6.45, 7) is 1.96. The van der Waals surface area contributed by atoms with Crippen LogP contribution in [0.1, 0.15) is 17.7 Å². The van der Waals surface area contributed by atoms with Gasteiger partial charge in [-0.2, -0.15) is 5.26 Å². The fourth-order valence-corrected chi connectivity index (χ4v) is 2.16. The Balaban J connectivity index is 1.74. The van der Waals surface area contributed by atoms with Gasteiger partial charge < -0.3 is 14.8 Å². The van der Waals surface area contributed by atoms with Gasteiger partial charge >= 0.3 is 0 Å². The van der Waals surface area contributed by atoms with Gasteiger partial charge in [0.1, 0.15) is 11.8 Å². The van der Waals surface area contributed by atoms with Crippen molar-refractivity contribution in [3.63, 3.8) is 0 Å². The van der Waals surface area contributed by atoms with Crippen molar-refractivity contribution in [3.8, 4) is 17.6 Å². The molecule has 0 fully saturated rings. The van der Waals surface area contributed by atoms with Gasteiger partial charge in [-0.3, -0.25) is 0 Å². The maximum absolute atomic E-state index is 8.73. The number of fused-ring (bicyclic) bond motifs is 1. The standard InChI is InChI=1S/C16H15N3O2/c17-9-13-5-6-14(11-19-13)18-10-12-3-1-4-15-16(12)21-8-2-7-20-15/h1,3-6,11,18H,2,7-8,10H2. The topological polar surface area (TPSA) is 67.2 Å². The number of nitrogens with one attached hydrogen (secondary N) is 1. The Hall–Kier alpha value is -2.74. The van der Waals surface area contributed by atoms with Gasteiger partial charge in [-0.25, -0.2) is 4.98 Å². The van der Waals surface area contributed by atoms with Crippen LogP contribution < -0.4 is 14.8 Å². The molecule has 1 aliphatic heterocycles. The number of nitriles is 1. The van der Waals surface area contributed by atoms with E-state index in [9.17, 15) is 0 Å². The summed E-state index contributed by atoms with van der Waals surface area (Å²) < 4.78 is 11.5. The fraction of sp³-hybridized carbons (Fsp3) is 0.250. The van der Waals surface area contributed by atoms with E-state index in [1.807, 2.05) is 30.3 Å². The minimum atomic E-state index is 0.408. The minimum Gasteiger partial charge on any atom is -0.490 e. The Morgan fingerprint density at radius 1 is 1.19 bits per heavy atom. The summed E-state index contributed by atoms with van der Waals surface area (Å²) in [4.78, 5) is 4.03. The monoisotopic (exact) mass is 281 g/mol. The first-order chi connectivity index (χ1) is 10.4. The molecule has 0 saturated heterocycles. The van der Waals surface area contributed by atoms with E-state index in [0.29, 0.717) is 25.5 Å². The Labute approximate surface area is 123 Å². The van der Waals surface area contributed by atoms with Crippen molar-refractivity contribution in [3.05, 3.63) is 47.8 Å². The Kier molecular flexibility index (Phi) is 3.88. The normalized spacial score (nSPS) is 13.1. The summed E-state index contributed by atoms with van der Waals surface area (Å²) in [5.41, 5.74) is 2.31. The van der Waals surface area contributed by atoms with Crippen LogP contribution in [0.3, 0.4) is 0 Å². The van der Waals surface area contributed by atoms with E-state index in [0.717, 1.165) is 29.2 Å². The molecule has 1 aromatic carbocycles. The molecule has 5 nitrogen and oxygen atoms in total. The van der Waals surface area contributed by atoms with E-state index in [2.05, 4.69) is 10.3 Å². The molecular formula is C16H15N3O2. The number of benzene rings is 1. The van der Waals surface area contributed by atoms with Gasteiger partial charge in [0.25, 0.3) is 0 Å². The first-order valence-electron chi connectivity index (χ1n) is 6.84. The lowest BCUT2D eigenvalue weighted by atomic mass is 10.2. The zero-order valence-corrected chi connectivity index (χ0v) is 11.5. The lowest BCUT2D eigenvalue weighted by molar-refractivity contribution is 0.296. The van der Waals surface area contributed by atoms with Gasteiger partial charge in [-0.15, -0.1) is 0 Å². The van der Waals surface area contributed by atoms with Crippen molar-refractivity contribution in [2.75, 3.05) is 18.5 Å². The number of para-hydroxylation sites is 1. The molecular weight excluding hydrogens is 266 g/mol. The second-order valence-corrected chi connectivity index (χ2v) is 4.69. The van der Waals surface area contributed by atoms with Crippen LogP contribution in [0.4, 0.5) is 5.69 Å². The van der Waals surface area contributed by atoms with Crippen LogP contribution in [0.25, 0.3) is 0 Å². The molecule has 106 valence electrons. The van der Waals surface area contributed by atoms with Gasteiger partial charge in [-0.05, 0) is 18.2 Å². The van der Waals surface area contributed by atoms with Crippen molar-refractivity contribution in [1.82, 2.24) is 4.98 Å². The second-order valence-electron chi connectivity index (χ2n) is 4.69. The molecule has 0 atom stereocenters. The number of anilines is 1. The van der Waals surface area contributed by atoms with Gasteiger partial charge in [0.05, 0.1) is 25.1 Å². The summed E-state index contributed by atoms with van der Waals surface area (Å²) in [7, 11) is 0. The highest BCUT2D eigenvalue weighted by Gasteiger charge is 2.14. The SMILES string of the molecule is N#Cc1ccc(NCc2cccc3c2OCCCO3)cn1. The van der Waals surface area contributed by atoms with Gasteiger partial charge in [0, 0.05) is 18.5 Å². The highest BCUT2D eigenvalue weighted by Crippen LogP contribution is 2.33. The molecule has 1 N–H and O–H groups in total. The van der Waals surface area contributed by atoms with Crippen LogP contribution in [0.2, 0.25) is 0 Å². The molecule has 1 aromatic heterocycles. The highest BCUT2D eigenvalue weighted by atomic mass is 16.5. The average Bonchev–Trinajstić information content (AvgIpc) is 2.79. The summed E-state index contributed by atoms with van der Waals surface area (Å²) in [6, 6.07) is 11.4. The highest BCUT2D eigenvalue weighted by molar-refractivity contribution is 5.50. The Bertz CT molecular complexity index is 662. The number of aromatic nitrogens is 1. The number of hydrogen-bond acceptors (Lipinski definition) is 5. The quantitative estimate of drug-likeness (QED) is 0.937. The Morgan fingerprint density at radius 3 is 2.90 bits per heavy atom. The second kappa shape index (κ2) is 6.14. The lowest BCUT2D eigenvalue weighted by Crippen LogP contribution is -2.04. The van der Waals surface area contributed by atoms with Crippen LogP contribution in [0.15, 0.2) is 36.5 Å². The third-order valence-corrected chi connectivity index (χ3v) is 3.21. The van der Waals surface area contributed by atoms with E-state index in [4.69, 9.17) is 14.7 Å². The summed E-state index contributed by atoms with van der Waals surface area (Å²) in [5, 5.41) is 12.0. The maximum atomic E-state index is 8.73. The van der Waals surface area contributed by atoms with Crippen LogP contribution in [0.5, 0.6) is 11.5 Å². The predicted octanol–water partition coefficient (Wildman–Crippen LogP) is 2.73. The largest absolute Gasteiger partial charge is 0.490 e. The number of rotatable bonds is 3. The van der Waals surface area contributed by atoms with Crippen molar-refractivity contribution < 1.29 is 9.47 Å². The first-order valence-corrected chi connectivity index (χ1v) is 6.84. The molecule has 0 bridgehead atoms. The zero-order valence-electron chi connectivity index (χ0n) is 11.5. The van der Waals surface area contributed by atoms with Crippen molar-refractivity contribution in [1.29, 1.82) is 5.26 Å². The number of hydrogen-bond donors (Lipinski definition) is 1. The van der Waals surface area contributed by atoms with E-state index in [1.54, 1.807) is 12.3 Å².